The minimum atomic E-state index is -1.08. The molecule has 0 radical (unpaired) electrons. The molecular weight excluding hydrogens is 316 g/mol. The van der Waals surface area contributed by atoms with E-state index < -0.39 is 12.1 Å². The molecule has 5 heteroatoms. The molecule has 0 spiro atoms. The number of fused-ring (bicyclic) bond motifs is 1. The van der Waals surface area contributed by atoms with E-state index in [1.807, 2.05) is 18.2 Å². The highest BCUT2D eigenvalue weighted by Gasteiger charge is 2.25. The van der Waals surface area contributed by atoms with Crippen LogP contribution >= 0.6 is 0 Å². The topological polar surface area (TPSA) is 86.2 Å². The van der Waals surface area contributed by atoms with Gasteiger partial charge in [-0.25, -0.2) is 9.78 Å². The smallest absolute Gasteiger partial charge is 0.356 e. The van der Waals surface area contributed by atoms with Crippen molar-refractivity contribution in [3.63, 3.8) is 0 Å². The molecule has 0 amide bonds. The molecule has 25 heavy (non-hydrogen) atoms. The molecular formula is C20H22N2O3. The summed E-state index contributed by atoms with van der Waals surface area (Å²) in [6.07, 6.45) is 1.40. The van der Waals surface area contributed by atoms with E-state index in [2.05, 4.69) is 41.2 Å². The van der Waals surface area contributed by atoms with Gasteiger partial charge in [0.2, 0.25) is 0 Å². The summed E-state index contributed by atoms with van der Waals surface area (Å²) >= 11 is 0. The van der Waals surface area contributed by atoms with E-state index in [-0.39, 0.29) is 17.5 Å². The number of hydrogen-bond donors (Lipinski definition) is 3. The first-order chi connectivity index (χ1) is 12.0. The molecule has 0 aliphatic rings. The van der Waals surface area contributed by atoms with E-state index in [9.17, 15) is 9.90 Å². The van der Waals surface area contributed by atoms with E-state index >= 15 is 0 Å². The minimum Gasteiger partial charge on any atom is -0.476 e. The van der Waals surface area contributed by atoms with E-state index in [4.69, 9.17) is 5.11 Å². The van der Waals surface area contributed by atoms with Crippen LogP contribution in [0, 0.1) is 0 Å². The van der Waals surface area contributed by atoms with Gasteiger partial charge >= 0.3 is 5.97 Å². The maximum absolute atomic E-state index is 11.1. The lowest BCUT2D eigenvalue weighted by atomic mass is 9.85. The highest BCUT2D eigenvalue weighted by Crippen LogP contribution is 2.34. The highest BCUT2D eigenvalue weighted by atomic mass is 16.4. The summed E-state index contributed by atoms with van der Waals surface area (Å²) in [5.74, 6) is -0.639. The quantitative estimate of drug-likeness (QED) is 0.636. The van der Waals surface area contributed by atoms with E-state index in [1.54, 1.807) is 6.92 Å². The number of carboxylic acid groups (broad SMARTS) is 1. The van der Waals surface area contributed by atoms with Crippen molar-refractivity contribution < 1.29 is 15.0 Å². The summed E-state index contributed by atoms with van der Waals surface area (Å²) in [6.45, 7) is 3.83. The molecule has 5 nitrogen and oxygen atoms in total. The number of aromatic nitrogens is 2. The molecule has 0 fully saturated rings. The van der Waals surface area contributed by atoms with Gasteiger partial charge in [-0.15, -0.1) is 0 Å². The van der Waals surface area contributed by atoms with Crippen LogP contribution in [0.4, 0.5) is 0 Å². The van der Waals surface area contributed by atoms with Crippen LogP contribution < -0.4 is 0 Å². The molecule has 1 unspecified atom stereocenters. The number of aliphatic hydroxyl groups is 1. The summed E-state index contributed by atoms with van der Waals surface area (Å²) in [7, 11) is 0. The van der Waals surface area contributed by atoms with Gasteiger partial charge in [-0.05, 0) is 35.6 Å². The van der Waals surface area contributed by atoms with E-state index in [1.165, 1.54) is 22.5 Å². The fraction of sp³-hybridized carbons (Fsp3) is 0.300. The molecule has 1 heterocycles. The van der Waals surface area contributed by atoms with Crippen molar-refractivity contribution >= 4 is 16.7 Å². The molecule has 3 N–H and O–H groups in total. The van der Waals surface area contributed by atoms with E-state index in [0.29, 0.717) is 12.2 Å². The number of nitrogens with one attached hydrogen (secondary N) is 1. The monoisotopic (exact) mass is 338 g/mol. The van der Waals surface area contributed by atoms with Gasteiger partial charge in [0.15, 0.2) is 5.69 Å². The number of aromatic carboxylic acids is 1. The predicted molar refractivity (Wildman–Crippen MR) is 96.9 cm³/mol. The van der Waals surface area contributed by atoms with Crippen LogP contribution in [-0.4, -0.2) is 32.3 Å². The van der Waals surface area contributed by atoms with Crippen molar-refractivity contribution in [1.29, 1.82) is 0 Å². The molecule has 0 saturated heterocycles. The Hall–Kier alpha value is -2.66. The van der Waals surface area contributed by atoms with Crippen molar-refractivity contribution in [2.45, 2.75) is 38.2 Å². The molecule has 0 bridgehead atoms. The number of imidazole rings is 1. The number of nitrogens with zero attached hydrogens (tertiary/aromatic N) is 1. The van der Waals surface area contributed by atoms with Crippen molar-refractivity contribution in [2.75, 3.05) is 0 Å². The fourth-order valence-electron chi connectivity index (χ4n) is 3.36. The molecule has 1 aromatic heterocycles. The number of hydrogen-bond acceptors (Lipinski definition) is 3. The molecule has 2 aromatic carbocycles. The van der Waals surface area contributed by atoms with Crippen LogP contribution in [0.3, 0.4) is 0 Å². The standard InChI is InChI=1S/C20H22N2O3/c1-12(15-9-5-7-14-6-3-4-8-16(14)15)10-17(13(2)23)19-21-11-18(22-19)20(24)25/h3-9,11-13,17,23H,10H2,1-2H3,(H,21,22)(H,24,25)/t12?,13-,17-/m0/s1. The third-order valence-corrected chi connectivity index (χ3v) is 4.71. The number of benzene rings is 2. The number of rotatable bonds is 6. The Labute approximate surface area is 146 Å². The van der Waals surface area contributed by atoms with Crippen LogP contribution in [0.25, 0.3) is 10.8 Å². The van der Waals surface area contributed by atoms with Crippen LogP contribution in [0.1, 0.15) is 54.0 Å². The largest absolute Gasteiger partial charge is 0.476 e. The predicted octanol–water partition coefficient (Wildman–Crippen LogP) is 3.92. The first kappa shape index (κ1) is 17.2. The van der Waals surface area contributed by atoms with Crippen molar-refractivity contribution in [2.24, 2.45) is 0 Å². The zero-order valence-electron chi connectivity index (χ0n) is 14.3. The number of H-pyrrole nitrogens is 1. The second-order valence-electron chi connectivity index (χ2n) is 6.53. The number of carbonyl (C=O) groups is 1. The summed E-state index contributed by atoms with van der Waals surface area (Å²) in [4.78, 5) is 18.1. The Kier molecular flexibility index (Phi) is 4.86. The molecule has 0 aliphatic carbocycles. The Balaban J connectivity index is 1.90. The normalized spacial score (nSPS) is 15.0. The average Bonchev–Trinajstić information content (AvgIpc) is 3.08. The highest BCUT2D eigenvalue weighted by molar-refractivity contribution is 5.86. The van der Waals surface area contributed by atoms with Crippen molar-refractivity contribution in [1.82, 2.24) is 9.97 Å². The Morgan fingerprint density at radius 2 is 1.88 bits per heavy atom. The SMILES string of the molecule is CC(C[C@H](c1nc(C(=O)O)c[nH]1)[C@H](C)O)c1cccc2ccccc12. The molecule has 3 rings (SSSR count). The Morgan fingerprint density at radius 1 is 1.16 bits per heavy atom. The van der Waals surface area contributed by atoms with Gasteiger partial charge in [-0.3, -0.25) is 0 Å². The maximum Gasteiger partial charge on any atom is 0.356 e. The van der Waals surface area contributed by atoms with E-state index in [0.717, 1.165) is 0 Å². The maximum atomic E-state index is 11.1. The lowest BCUT2D eigenvalue weighted by Gasteiger charge is -2.23. The van der Waals surface area contributed by atoms with Crippen LogP contribution in [0.5, 0.6) is 0 Å². The van der Waals surface area contributed by atoms with Crippen LogP contribution in [0.15, 0.2) is 48.7 Å². The third kappa shape index (κ3) is 3.56. The van der Waals surface area contributed by atoms with Gasteiger partial charge in [-0.1, -0.05) is 49.4 Å². The van der Waals surface area contributed by atoms with Gasteiger partial charge < -0.3 is 15.2 Å². The van der Waals surface area contributed by atoms with Gasteiger partial charge in [-0.2, -0.15) is 0 Å². The summed E-state index contributed by atoms with van der Waals surface area (Å²) in [6, 6.07) is 14.5. The minimum absolute atomic E-state index is 0.0292. The second kappa shape index (κ2) is 7.07. The molecule has 0 aliphatic heterocycles. The van der Waals surface area contributed by atoms with Crippen molar-refractivity contribution in [3.8, 4) is 0 Å². The van der Waals surface area contributed by atoms with Crippen molar-refractivity contribution in [3.05, 3.63) is 65.7 Å². The number of carboxylic acids is 1. The molecule has 3 aromatic rings. The third-order valence-electron chi connectivity index (χ3n) is 4.71. The Morgan fingerprint density at radius 3 is 2.56 bits per heavy atom. The zero-order valence-corrected chi connectivity index (χ0v) is 14.3. The first-order valence-corrected chi connectivity index (χ1v) is 8.41. The van der Waals surface area contributed by atoms with Gasteiger partial charge in [0, 0.05) is 12.1 Å². The summed E-state index contributed by atoms with van der Waals surface area (Å²) < 4.78 is 0. The van der Waals surface area contributed by atoms with Crippen LogP contribution in [-0.2, 0) is 0 Å². The number of aromatic amines is 1. The Bertz CT molecular complexity index is 880. The fourth-order valence-corrected chi connectivity index (χ4v) is 3.36. The van der Waals surface area contributed by atoms with Gasteiger partial charge in [0.25, 0.3) is 0 Å². The molecule has 0 saturated carbocycles. The zero-order chi connectivity index (χ0) is 18.0. The molecule has 130 valence electrons. The lowest BCUT2D eigenvalue weighted by Crippen LogP contribution is -2.18. The van der Waals surface area contributed by atoms with Gasteiger partial charge in [0.05, 0.1) is 6.10 Å². The lowest BCUT2D eigenvalue weighted by molar-refractivity contribution is 0.0690. The second-order valence-corrected chi connectivity index (χ2v) is 6.53. The molecule has 3 atom stereocenters. The number of aliphatic hydroxyl groups excluding tert-OH is 1. The summed E-state index contributed by atoms with van der Waals surface area (Å²) in [5.41, 5.74) is 1.19. The average molecular weight is 338 g/mol. The summed E-state index contributed by atoms with van der Waals surface area (Å²) in [5, 5.41) is 21.7. The first-order valence-electron chi connectivity index (χ1n) is 8.41. The van der Waals surface area contributed by atoms with Gasteiger partial charge in [0.1, 0.15) is 5.82 Å². The van der Waals surface area contributed by atoms with Crippen LogP contribution in [0.2, 0.25) is 0 Å².